The highest BCUT2D eigenvalue weighted by molar-refractivity contribution is 5.78. The lowest BCUT2D eigenvalue weighted by atomic mass is 9.96. The van der Waals surface area contributed by atoms with E-state index in [-0.39, 0.29) is 11.8 Å². The second-order valence-electron chi connectivity index (χ2n) is 4.60. The maximum absolute atomic E-state index is 11.5. The van der Waals surface area contributed by atoms with E-state index in [0.29, 0.717) is 18.9 Å². The smallest absolute Gasteiger partial charge is 0.223 e. The molecule has 0 aromatic rings. The predicted molar refractivity (Wildman–Crippen MR) is 57.9 cm³/mol. The van der Waals surface area contributed by atoms with Crippen molar-refractivity contribution in [1.82, 2.24) is 5.32 Å². The fourth-order valence-corrected chi connectivity index (χ4v) is 0.866. The molecule has 3 nitrogen and oxygen atoms in total. The predicted octanol–water partition coefficient (Wildman–Crippen LogP) is 1.56. The van der Waals surface area contributed by atoms with Crippen molar-refractivity contribution in [3.63, 3.8) is 0 Å². The second kappa shape index (κ2) is 5.35. The van der Waals surface area contributed by atoms with E-state index in [9.17, 15) is 9.90 Å². The lowest BCUT2D eigenvalue weighted by molar-refractivity contribution is -0.126. The Morgan fingerprint density at radius 3 is 2.29 bits per heavy atom. The number of hydrogen-bond donors (Lipinski definition) is 2. The first kappa shape index (κ1) is 13.4. The summed E-state index contributed by atoms with van der Waals surface area (Å²) in [5.41, 5.74) is -0.785. The van der Waals surface area contributed by atoms with Gasteiger partial charge in [-0.15, -0.1) is 0 Å². The van der Waals surface area contributed by atoms with Gasteiger partial charge in [0.1, 0.15) is 0 Å². The number of carbonyl (C=O) groups is 1. The highest BCUT2D eigenvalue weighted by Gasteiger charge is 2.21. The molecule has 0 radical (unpaired) electrons. The molecule has 84 valence electrons. The monoisotopic (exact) mass is 201 g/mol. The van der Waals surface area contributed by atoms with Gasteiger partial charge >= 0.3 is 0 Å². The van der Waals surface area contributed by atoms with Crippen LogP contribution in [0.15, 0.2) is 0 Å². The van der Waals surface area contributed by atoms with E-state index in [1.54, 1.807) is 6.92 Å². The lowest BCUT2D eigenvalue weighted by Gasteiger charge is -2.23. The number of carbonyl (C=O) groups excluding carboxylic acids is 1. The summed E-state index contributed by atoms with van der Waals surface area (Å²) in [6.45, 7) is 9.90. The lowest BCUT2D eigenvalue weighted by Crippen LogP contribution is -2.42. The Balaban J connectivity index is 3.97. The van der Waals surface area contributed by atoms with Crippen LogP contribution in [-0.2, 0) is 4.79 Å². The summed E-state index contributed by atoms with van der Waals surface area (Å²) in [7, 11) is 0. The van der Waals surface area contributed by atoms with Gasteiger partial charge in [-0.3, -0.25) is 4.79 Å². The largest absolute Gasteiger partial charge is 0.388 e. The quantitative estimate of drug-likeness (QED) is 0.709. The molecule has 0 aliphatic heterocycles. The third-order valence-electron chi connectivity index (χ3n) is 2.82. The van der Waals surface area contributed by atoms with Gasteiger partial charge in [0.15, 0.2) is 0 Å². The van der Waals surface area contributed by atoms with Crippen molar-refractivity contribution in [3.8, 4) is 0 Å². The van der Waals surface area contributed by atoms with E-state index in [1.807, 2.05) is 27.7 Å². The standard InChI is InChI=1S/C11H23NO2/c1-6-11(5,14)7-12-10(13)9(4)8(2)3/h8-9,14H,6-7H2,1-5H3,(H,12,13). The average Bonchev–Trinajstić information content (AvgIpc) is 2.13. The van der Waals surface area contributed by atoms with Gasteiger partial charge in [0.2, 0.25) is 5.91 Å². The van der Waals surface area contributed by atoms with Crippen molar-refractivity contribution in [3.05, 3.63) is 0 Å². The van der Waals surface area contributed by atoms with Crippen LogP contribution >= 0.6 is 0 Å². The number of nitrogens with one attached hydrogen (secondary N) is 1. The van der Waals surface area contributed by atoms with Gasteiger partial charge in [-0.05, 0) is 19.3 Å². The average molecular weight is 201 g/mol. The summed E-state index contributed by atoms with van der Waals surface area (Å²) in [5.74, 6) is 0.359. The van der Waals surface area contributed by atoms with Gasteiger partial charge in [-0.2, -0.15) is 0 Å². The third-order valence-corrected chi connectivity index (χ3v) is 2.82. The van der Waals surface area contributed by atoms with Crippen LogP contribution in [-0.4, -0.2) is 23.2 Å². The van der Waals surface area contributed by atoms with E-state index in [0.717, 1.165) is 0 Å². The molecule has 0 bridgehead atoms. The van der Waals surface area contributed by atoms with E-state index in [1.165, 1.54) is 0 Å². The molecule has 0 aromatic carbocycles. The van der Waals surface area contributed by atoms with Crippen LogP contribution in [0, 0.1) is 11.8 Å². The topological polar surface area (TPSA) is 49.3 Å². The molecule has 0 aromatic heterocycles. The van der Waals surface area contributed by atoms with Crippen molar-refractivity contribution in [1.29, 1.82) is 0 Å². The van der Waals surface area contributed by atoms with Crippen LogP contribution in [0.25, 0.3) is 0 Å². The zero-order valence-electron chi connectivity index (χ0n) is 9.92. The Morgan fingerprint density at radius 1 is 1.43 bits per heavy atom. The van der Waals surface area contributed by atoms with Gasteiger partial charge in [-0.1, -0.05) is 27.7 Å². The molecule has 0 heterocycles. The number of aliphatic hydroxyl groups is 1. The molecular formula is C11H23NO2. The molecular weight excluding hydrogens is 178 g/mol. The number of amides is 1. The molecule has 2 atom stereocenters. The summed E-state index contributed by atoms with van der Waals surface area (Å²) < 4.78 is 0. The highest BCUT2D eigenvalue weighted by atomic mass is 16.3. The minimum absolute atomic E-state index is 0.00246. The van der Waals surface area contributed by atoms with Gasteiger partial charge in [0.05, 0.1) is 5.60 Å². The van der Waals surface area contributed by atoms with Crippen molar-refractivity contribution < 1.29 is 9.90 Å². The van der Waals surface area contributed by atoms with Gasteiger partial charge in [0, 0.05) is 12.5 Å². The molecule has 3 heteroatoms. The molecule has 0 saturated carbocycles. The summed E-state index contributed by atoms with van der Waals surface area (Å²) in [6, 6.07) is 0. The van der Waals surface area contributed by atoms with Crippen LogP contribution in [0.5, 0.6) is 0 Å². The number of hydrogen-bond acceptors (Lipinski definition) is 2. The van der Waals surface area contributed by atoms with Crippen LogP contribution in [0.2, 0.25) is 0 Å². The normalized spacial score (nSPS) is 17.6. The van der Waals surface area contributed by atoms with E-state index >= 15 is 0 Å². The minimum atomic E-state index is -0.785. The van der Waals surface area contributed by atoms with Crippen LogP contribution in [0.1, 0.15) is 41.0 Å². The second-order valence-corrected chi connectivity index (χ2v) is 4.60. The Kier molecular flexibility index (Phi) is 5.13. The van der Waals surface area contributed by atoms with Crippen LogP contribution < -0.4 is 5.32 Å². The Morgan fingerprint density at radius 2 is 1.93 bits per heavy atom. The van der Waals surface area contributed by atoms with Crippen molar-refractivity contribution in [2.24, 2.45) is 11.8 Å². The molecule has 0 rings (SSSR count). The first-order chi connectivity index (χ1) is 6.30. The first-order valence-corrected chi connectivity index (χ1v) is 5.30. The summed E-state index contributed by atoms with van der Waals surface area (Å²) >= 11 is 0. The summed E-state index contributed by atoms with van der Waals surface area (Å²) in [6.07, 6.45) is 0.642. The summed E-state index contributed by atoms with van der Waals surface area (Å²) in [4.78, 5) is 11.5. The van der Waals surface area contributed by atoms with E-state index in [4.69, 9.17) is 0 Å². The third kappa shape index (κ3) is 4.61. The SMILES string of the molecule is CCC(C)(O)CNC(=O)C(C)C(C)C. The first-order valence-electron chi connectivity index (χ1n) is 5.30. The molecule has 0 fully saturated rings. The fourth-order valence-electron chi connectivity index (χ4n) is 0.866. The maximum Gasteiger partial charge on any atom is 0.223 e. The molecule has 14 heavy (non-hydrogen) atoms. The maximum atomic E-state index is 11.5. The molecule has 0 saturated heterocycles. The highest BCUT2D eigenvalue weighted by Crippen LogP contribution is 2.11. The fraction of sp³-hybridized carbons (Fsp3) is 0.909. The van der Waals surface area contributed by atoms with Gasteiger partial charge < -0.3 is 10.4 Å². The molecule has 0 aliphatic carbocycles. The molecule has 1 amide bonds. The van der Waals surface area contributed by atoms with Crippen molar-refractivity contribution in [2.45, 2.75) is 46.6 Å². The van der Waals surface area contributed by atoms with Crippen molar-refractivity contribution >= 4 is 5.91 Å². The molecule has 2 N–H and O–H groups in total. The van der Waals surface area contributed by atoms with Crippen LogP contribution in [0.4, 0.5) is 0 Å². The van der Waals surface area contributed by atoms with Gasteiger partial charge in [-0.25, -0.2) is 0 Å². The Hall–Kier alpha value is -0.570. The summed E-state index contributed by atoms with van der Waals surface area (Å²) in [5, 5.41) is 12.4. The van der Waals surface area contributed by atoms with E-state index in [2.05, 4.69) is 5.32 Å². The minimum Gasteiger partial charge on any atom is -0.388 e. The Bertz CT molecular complexity index is 188. The molecule has 0 aliphatic rings. The van der Waals surface area contributed by atoms with Crippen molar-refractivity contribution in [2.75, 3.05) is 6.54 Å². The van der Waals surface area contributed by atoms with Crippen LogP contribution in [0.3, 0.4) is 0 Å². The zero-order chi connectivity index (χ0) is 11.4. The molecule has 0 spiro atoms. The van der Waals surface area contributed by atoms with Gasteiger partial charge in [0.25, 0.3) is 0 Å². The van der Waals surface area contributed by atoms with E-state index < -0.39 is 5.60 Å². The Labute approximate surface area is 86.9 Å². The molecule has 2 unspecified atom stereocenters. The zero-order valence-corrected chi connectivity index (χ0v) is 9.92. The number of rotatable bonds is 5.